The second-order valence-corrected chi connectivity index (χ2v) is 6.91. The summed E-state index contributed by atoms with van der Waals surface area (Å²) in [6, 6.07) is 15.9. The second kappa shape index (κ2) is 8.72. The number of piperidine rings is 1. The average molecular weight is 353 g/mol. The van der Waals surface area contributed by atoms with Crippen molar-refractivity contribution < 1.29 is 9.53 Å². The molecule has 1 saturated heterocycles. The SMILES string of the molecule is COc1ccc(NC(=O)CN2CCC(Cc3ccccc3)CC2)cc1N. The van der Waals surface area contributed by atoms with Gasteiger partial charge in [0.1, 0.15) is 5.75 Å². The first-order valence-corrected chi connectivity index (χ1v) is 9.13. The summed E-state index contributed by atoms with van der Waals surface area (Å²) in [5.74, 6) is 1.32. The lowest BCUT2D eigenvalue weighted by atomic mass is 9.90. The van der Waals surface area contributed by atoms with Crippen molar-refractivity contribution in [2.75, 3.05) is 37.8 Å². The normalized spacial score (nSPS) is 15.6. The van der Waals surface area contributed by atoms with E-state index < -0.39 is 0 Å². The molecule has 2 aromatic rings. The number of hydrogen-bond donors (Lipinski definition) is 2. The zero-order valence-corrected chi connectivity index (χ0v) is 15.3. The number of carbonyl (C=O) groups excluding carboxylic acids is 1. The smallest absolute Gasteiger partial charge is 0.238 e. The molecule has 3 N–H and O–H groups in total. The summed E-state index contributed by atoms with van der Waals surface area (Å²) in [7, 11) is 1.57. The summed E-state index contributed by atoms with van der Waals surface area (Å²) in [4.78, 5) is 14.5. The summed E-state index contributed by atoms with van der Waals surface area (Å²) in [6.45, 7) is 2.36. The van der Waals surface area contributed by atoms with E-state index in [2.05, 4.69) is 40.5 Å². The molecule has 0 bridgehead atoms. The number of nitrogens with zero attached hydrogens (tertiary/aromatic N) is 1. The largest absolute Gasteiger partial charge is 0.495 e. The highest BCUT2D eigenvalue weighted by Crippen LogP contribution is 2.25. The standard InChI is InChI=1S/C21H27N3O2/c1-26-20-8-7-18(14-19(20)22)23-21(25)15-24-11-9-17(10-12-24)13-16-5-3-2-4-6-16/h2-8,14,17H,9-13,15,22H2,1H3,(H,23,25). The monoisotopic (exact) mass is 353 g/mol. The van der Waals surface area contributed by atoms with Crippen molar-refractivity contribution >= 4 is 17.3 Å². The van der Waals surface area contributed by atoms with Gasteiger partial charge in [-0.3, -0.25) is 9.69 Å². The van der Waals surface area contributed by atoms with Crippen molar-refractivity contribution in [1.29, 1.82) is 0 Å². The van der Waals surface area contributed by atoms with Gasteiger partial charge in [0.05, 0.1) is 19.3 Å². The third kappa shape index (κ3) is 4.99. The maximum atomic E-state index is 12.3. The van der Waals surface area contributed by atoms with Crippen LogP contribution in [0.3, 0.4) is 0 Å². The van der Waals surface area contributed by atoms with E-state index in [0.29, 0.717) is 29.6 Å². The Kier molecular flexibility index (Phi) is 6.12. The molecule has 0 radical (unpaired) electrons. The van der Waals surface area contributed by atoms with Crippen molar-refractivity contribution in [2.24, 2.45) is 5.92 Å². The Morgan fingerprint density at radius 3 is 2.58 bits per heavy atom. The van der Waals surface area contributed by atoms with Gasteiger partial charge in [-0.1, -0.05) is 30.3 Å². The molecular formula is C21H27N3O2. The van der Waals surface area contributed by atoms with Crippen LogP contribution in [0.2, 0.25) is 0 Å². The first-order valence-electron chi connectivity index (χ1n) is 9.13. The maximum absolute atomic E-state index is 12.3. The van der Waals surface area contributed by atoms with Crippen LogP contribution in [-0.2, 0) is 11.2 Å². The Morgan fingerprint density at radius 2 is 1.92 bits per heavy atom. The highest BCUT2D eigenvalue weighted by molar-refractivity contribution is 5.92. The fourth-order valence-electron chi connectivity index (χ4n) is 3.51. The van der Waals surface area contributed by atoms with E-state index in [-0.39, 0.29) is 5.91 Å². The van der Waals surface area contributed by atoms with Gasteiger partial charge in [0.25, 0.3) is 0 Å². The van der Waals surface area contributed by atoms with Crippen molar-refractivity contribution in [2.45, 2.75) is 19.3 Å². The number of ether oxygens (including phenoxy) is 1. The number of rotatable bonds is 6. The minimum absolute atomic E-state index is 0.00363. The molecule has 0 atom stereocenters. The summed E-state index contributed by atoms with van der Waals surface area (Å²) in [5, 5.41) is 2.92. The van der Waals surface area contributed by atoms with Crippen molar-refractivity contribution in [3.8, 4) is 5.75 Å². The lowest BCUT2D eigenvalue weighted by molar-refractivity contribution is -0.117. The van der Waals surface area contributed by atoms with E-state index in [1.807, 2.05) is 0 Å². The highest BCUT2D eigenvalue weighted by atomic mass is 16.5. The van der Waals surface area contributed by atoms with Gasteiger partial charge in [-0.05, 0) is 62.0 Å². The molecule has 0 aliphatic carbocycles. The van der Waals surface area contributed by atoms with Gasteiger partial charge in [0.2, 0.25) is 5.91 Å². The second-order valence-electron chi connectivity index (χ2n) is 6.91. The van der Waals surface area contributed by atoms with Gasteiger partial charge in [0.15, 0.2) is 0 Å². The van der Waals surface area contributed by atoms with Crippen LogP contribution in [0.15, 0.2) is 48.5 Å². The molecule has 0 unspecified atom stereocenters. The summed E-state index contributed by atoms with van der Waals surface area (Å²) < 4.78 is 5.13. The Hall–Kier alpha value is -2.53. The molecule has 3 rings (SSSR count). The Bertz CT molecular complexity index is 725. The highest BCUT2D eigenvalue weighted by Gasteiger charge is 2.21. The Morgan fingerprint density at radius 1 is 1.19 bits per heavy atom. The molecule has 138 valence electrons. The number of anilines is 2. The number of nitrogens with two attached hydrogens (primary N) is 1. The zero-order valence-electron chi connectivity index (χ0n) is 15.3. The van der Waals surface area contributed by atoms with Gasteiger partial charge in [-0.25, -0.2) is 0 Å². The first-order chi connectivity index (χ1) is 12.6. The lowest BCUT2D eigenvalue weighted by Crippen LogP contribution is -2.39. The summed E-state index contributed by atoms with van der Waals surface area (Å²) >= 11 is 0. The van der Waals surface area contributed by atoms with Crippen LogP contribution in [-0.4, -0.2) is 37.6 Å². The number of nitrogens with one attached hydrogen (secondary N) is 1. The van der Waals surface area contributed by atoms with E-state index in [1.165, 1.54) is 5.56 Å². The lowest BCUT2D eigenvalue weighted by Gasteiger charge is -2.31. The van der Waals surface area contributed by atoms with Crippen LogP contribution in [0.1, 0.15) is 18.4 Å². The van der Waals surface area contributed by atoms with Crippen LogP contribution in [0, 0.1) is 5.92 Å². The molecule has 1 amide bonds. The van der Waals surface area contributed by atoms with Crippen LogP contribution in [0.5, 0.6) is 5.75 Å². The van der Waals surface area contributed by atoms with E-state index >= 15 is 0 Å². The molecule has 2 aromatic carbocycles. The average Bonchev–Trinajstić information content (AvgIpc) is 2.64. The predicted octanol–water partition coefficient (Wildman–Crippen LogP) is 3.17. The number of amides is 1. The summed E-state index contributed by atoms with van der Waals surface area (Å²) in [6.07, 6.45) is 3.40. The molecule has 1 aliphatic heterocycles. The Labute approximate surface area is 155 Å². The van der Waals surface area contributed by atoms with E-state index in [4.69, 9.17) is 10.5 Å². The number of benzene rings is 2. The van der Waals surface area contributed by atoms with Gasteiger partial charge < -0.3 is 15.8 Å². The quantitative estimate of drug-likeness (QED) is 0.783. The third-order valence-electron chi connectivity index (χ3n) is 4.96. The number of likely N-dealkylation sites (tertiary alicyclic amines) is 1. The van der Waals surface area contributed by atoms with E-state index in [1.54, 1.807) is 25.3 Å². The topological polar surface area (TPSA) is 67.6 Å². The molecular weight excluding hydrogens is 326 g/mol. The first kappa shape index (κ1) is 18.3. The molecule has 1 heterocycles. The molecule has 5 heteroatoms. The maximum Gasteiger partial charge on any atom is 0.238 e. The van der Waals surface area contributed by atoms with Gasteiger partial charge in [-0.15, -0.1) is 0 Å². The van der Waals surface area contributed by atoms with Crippen molar-refractivity contribution in [3.05, 3.63) is 54.1 Å². The molecule has 0 saturated carbocycles. The van der Waals surface area contributed by atoms with Gasteiger partial charge in [-0.2, -0.15) is 0 Å². The zero-order chi connectivity index (χ0) is 18.4. The fraction of sp³-hybridized carbons (Fsp3) is 0.381. The van der Waals surface area contributed by atoms with Crippen LogP contribution in [0.25, 0.3) is 0 Å². The predicted molar refractivity (Wildman–Crippen MR) is 105 cm³/mol. The van der Waals surface area contributed by atoms with Crippen LogP contribution in [0.4, 0.5) is 11.4 Å². The number of carbonyl (C=O) groups is 1. The molecule has 26 heavy (non-hydrogen) atoms. The third-order valence-corrected chi connectivity index (χ3v) is 4.96. The number of hydrogen-bond acceptors (Lipinski definition) is 4. The molecule has 5 nitrogen and oxygen atoms in total. The summed E-state index contributed by atoms with van der Waals surface area (Å²) in [5.41, 5.74) is 8.51. The van der Waals surface area contributed by atoms with E-state index in [0.717, 1.165) is 32.4 Å². The van der Waals surface area contributed by atoms with E-state index in [9.17, 15) is 4.79 Å². The fourth-order valence-corrected chi connectivity index (χ4v) is 3.51. The number of methoxy groups -OCH3 is 1. The Balaban J connectivity index is 1.44. The minimum Gasteiger partial charge on any atom is -0.495 e. The van der Waals surface area contributed by atoms with Gasteiger partial charge in [0, 0.05) is 5.69 Å². The molecule has 0 aromatic heterocycles. The van der Waals surface area contributed by atoms with Crippen LogP contribution < -0.4 is 15.8 Å². The van der Waals surface area contributed by atoms with Crippen molar-refractivity contribution in [1.82, 2.24) is 4.90 Å². The minimum atomic E-state index is -0.00363. The van der Waals surface area contributed by atoms with Crippen LogP contribution >= 0.6 is 0 Å². The molecule has 1 aliphatic rings. The van der Waals surface area contributed by atoms with Gasteiger partial charge >= 0.3 is 0 Å². The number of nitrogen functional groups attached to an aromatic ring is 1. The van der Waals surface area contributed by atoms with Crippen molar-refractivity contribution in [3.63, 3.8) is 0 Å². The molecule has 0 spiro atoms. The molecule has 1 fully saturated rings.